The van der Waals surface area contributed by atoms with Crippen molar-refractivity contribution in [3.05, 3.63) is 36.4 Å². The molecule has 1 fully saturated rings. The fourth-order valence-corrected chi connectivity index (χ4v) is 3.45. The molecular formula is C23H25N5O5. The average molecular weight is 458 g/mol. The summed E-state index contributed by atoms with van der Waals surface area (Å²) in [6.07, 6.45) is -1.26. The van der Waals surface area contributed by atoms with Gasteiger partial charge in [-0.3, -0.25) is 4.79 Å². The summed E-state index contributed by atoms with van der Waals surface area (Å²) in [6, 6.07) is 6.28. The number of nitrogen functional groups attached to an aromatic ring is 1. The van der Waals surface area contributed by atoms with Crippen LogP contribution >= 0.6 is 0 Å². The van der Waals surface area contributed by atoms with Crippen molar-refractivity contribution in [3.8, 4) is 23.0 Å². The van der Waals surface area contributed by atoms with Crippen molar-refractivity contribution >= 4 is 28.6 Å². The van der Waals surface area contributed by atoms with Crippen molar-refractivity contribution in [2.75, 3.05) is 57.5 Å². The Balaban J connectivity index is 1.49. The number of piperazine rings is 1. The number of nitrogens with two attached hydrogens (primary N) is 1. The van der Waals surface area contributed by atoms with Crippen LogP contribution in [0.3, 0.4) is 0 Å². The van der Waals surface area contributed by atoms with Gasteiger partial charge in [0.2, 0.25) is 12.1 Å². The second-order valence-corrected chi connectivity index (χ2v) is 7.16. The highest BCUT2D eigenvalue weighted by atomic mass is 16.6. The van der Waals surface area contributed by atoms with Gasteiger partial charge in [-0.05, 0) is 18.2 Å². The van der Waals surface area contributed by atoms with Gasteiger partial charge in [-0.2, -0.15) is 4.98 Å². The molecular weight excluding hydrogens is 426 g/mol. The van der Waals surface area contributed by atoms with Gasteiger partial charge in [-0.25, -0.2) is 4.98 Å². The van der Waals surface area contributed by atoms with Crippen LogP contribution in [0.5, 0.6) is 23.0 Å². The maximum atomic E-state index is 13.4. The lowest BCUT2D eigenvalue weighted by molar-refractivity contribution is -0.141. The summed E-state index contributed by atoms with van der Waals surface area (Å²) in [5.41, 5.74) is 6.09. The molecule has 1 aromatic heterocycles. The summed E-state index contributed by atoms with van der Waals surface area (Å²) in [5, 5.41) is 0.0379. The quantitative estimate of drug-likeness (QED) is 0.626. The highest BCUT2D eigenvalue weighted by Crippen LogP contribution is 2.34. The first kappa shape index (κ1) is 15.0. The van der Waals surface area contributed by atoms with E-state index >= 15 is 0 Å². The van der Waals surface area contributed by atoms with E-state index in [0.29, 0.717) is 16.4 Å². The topological polar surface area (TPSA) is 112 Å². The zero-order valence-electron chi connectivity index (χ0n) is 23.9. The molecule has 1 unspecified atom stereocenters. The third kappa shape index (κ3) is 3.88. The molecule has 5 rings (SSSR count). The lowest BCUT2D eigenvalue weighted by Gasteiger charge is -2.37. The molecule has 2 aliphatic heterocycles. The van der Waals surface area contributed by atoms with Gasteiger partial charge < -0.3 is 34.5 Å². The molecule has 0 spiro atoms. The highest BCUT2D eigenvalue weighted by molar-refractivity contribution is 5.91. The summed E-state index contributed by atoms with van der Waals surface area (Å²) in [7, 11) is 2.63. The second-order valence-electron chi connectivity index (χ2n) is 7.16. The Bertz CT molecular complexity index is 1460. The number of para-hydroxylation sites is 2. The third-order valence-electron chi connectivity index (χ3n) is 5.14. The standard InChI is InChI=1S/C23H25N5O5/c1-30-18-11-14-15(12-19(18)31-2)25-23(26-21(14)24)28-9-7-27(8-10-28)22(29)20-13-32-16-5-3-4-6-17(16)33-20/h3-6,11-12,20H,7-10,13H2,1-2H3,(H2,24,25,26)/i7D2,8D2,11D,12D. The van der Waals surface area contributed by atoms with Crippen molar-refractivity contribution in [3.63, 3.8) is 0 Å². The van der Waals surface area contributed by atoms with Crippen LogP contribution in [0.1, 0.15) is 8.22 Å². The molecule has 3 heterocycles. The second kappa shape index (κ2) is 8.53. The fourth-order valence-electron chi connectivity index (χ4n) is 3.45. The summed E-state index contributed by atoms with van der Waals surface area (Å²) < 4.78 is 73.2. The first-order chi connectivity index (χ1) is 18.4. The number of benzene rings is 2. The number of aromatic nitrogens is 2. The van der Waals surface area contributed by atoms with Gasteiger partial charge >= 0.3 is 0 Å². The number of hydrogen-bond acceptors (Lipinski definition) is 9. The summed E-state index contributed by atoms with van der Waals surface area (Å²) in [5.74, 6) is -0.601. The fraction of sp³-hybridized carbons (Fsp3) is 0.348. The van der Waals surface area contributed by atoms with Gasteiger partial charge in [-0.15, -0.1) is 0 Å². The minimum atomic E-state index is -2.53. The van der Waals surface area contributed by atoms with Crippen molar-refractivity contribution in [1.29, 1.82) is 0 Å². The maximum Gasteiger partial charge on any atom is 0.267 e. The Hall–Kier alpha value is -3.95. The number of methoxy groups -OCH3 is 2. The predicted octanol–water partition coefficient (Wildman–Crippen LogP) is 1.72. The number of anilines is 2. The predicted molar refractivity (Wildman–Crippen MR) is 122 cm³/mol. The summed E-state index contributed by atoms with van der Waals surface area (Å²) in [4.78, 5) is 23.6. The lowest BCUT2D eigenvalue weighted by Crippen LogP contribution is -2.54. The Morgan fingerprint density at radius 3 is 2.58 bits per heavy atom. The molecule has 1 saturated heterocycles. The van der Waals surface area contributed by atoms with Crippen LogP contribution in [-0.4, -0.2) is 73.8 Å². The molecule has 0 saturated carbocycles. The van der Waals surface area contributed by atoms with Crippen LogP contribution in [0.2, 0.25) is 0 Å². The van der Waals surface area contributed by atoms with Crippen molar-refractivity contribution < 1.29 is 32.0 Å². The molecule has 1 amide bonds. The number of nitrogens with zero attached hydrogens (tertiary/aromatic N) is 4. The van der Waals surface area contributed by atoms with Gasteiger partial charge in [0.25, 0.3) is 5.91 Å². The molecule has 2 N–H and O–H groups in total. The number of amides is 1. The molecule has 10 nitrogen and oxygen atoms in total. The molecule has 0 bridgehead atoms. The number of ether oxygens (including phenoxy) is 4. The molecule has 33 heavy (non-hydrogen) atoms. The van der Waals surface area contributed by atoms with Crippen LogP contribution in [0.25, 0.3) is 10.9 Å². The van der Waals surface area contributed by atoms with Crippen molar-refractivity contribution in [2.45, 2.75) is 6.10 Å². The molecule has 1 atom stereocenters. The Kier molecular flexibility index (Phi) is 3.87. The molecule has 0 radical (unpaired) electrons. The van der Waals surface area contributed by atoms with Gasteiger partial charge in [-0.1, -0.05) is 12.1 Å². The first-order valence-electron chi connectivity index (χ1n) is 13.1. The third-order valence-corrected chi connectivity index (χ3v) is 5.14. The van der Waals surface area contributed by atoms with Crippen LogP contribution in [0.4, 0.5) is 11.8 Å². The molecule has 0 aliphatic carbocycles. The summed E-state index contributed by atoms with van der Waals surface area (Å²) >= 11 is 0. The number of rotatable bonds is 4. The van der Waals surface area contributed by atoms with E-state index in [9.17, 15) is 4.79 Å². The summed E-state index contributed by atoms with van der Waals surface area (Å²) in [6.45, 7) is -6.30. The van der Waals surface area contributed by atoms with Gasteiger partial charge in [0.15, 0.2) is 23.0 Å². The largest absolute Gasteiger partial charge is 0.493 e. The monoisotopic (exact) mass is 457 g/mol. The van der Waals surface area contributed by atoms with E-state index in [2.05, 4.69) is 9.97 Å². The highest BCUT2D eigenvalue weighted by Gasteiger charge is 2.33. The Morgan fingerprint density at radius 1 is 1.15 bits per heavy atom. The van der Waals surface area contributed by atoms with Crippen LogP contribution in [0, 0.1) is 0 Å². The normalized spacial score (nSPS) is 23.4. The molecule has 2 aromatic carbocycles. The number of fused-ring (bicyclic) bond motifs is 2. The minimum absolute atomic E-state index is 0.0191. The van der Waals surface area contributed by atoms with E-state index < -0.39 is 38.1 Å². The van der Waals surface area contributed by atoms with E-state index in [-0.39, 0.29) is 52.9 Å². The van der Waals surface area contributed by atoms with Crippen molar-refractivity contribution in [1.82, 2.24) is 14.9 Å². The van der Waals surface area contributed by atoms with E-state index in [1.54, 1.807) is 24.3 Å². The smallest absolute Gasteiger partial charge is 0.267 e. The molecule has 3 aromatic rings. The molecule has 172 valence electrons. The van der Waals surface area contributed by atoms with Gasteiger partial charge in [0.1, 0.15) is 12.4 Å². The number of hydrogen-bond donors (Lipinski definition) is 1. The lowest BCUT2D eigenvalue weighted by atomic mass is 10.2. The van der Waals surface area contributed by atoms with Crippen LogP contribution in [-0.2, 0) is 4.79 Å². The molecule has 2 aliphatic rings. The zero-order chi connectivity index (χ0) is 28.3. The van der Waals surface area contributed by atoms with E-state index in [1.165, 1.54) is 19.1 Å². The van der Waals surface area contributed by atoms with Crippen molar-refractivity contribution in [2.24, 2.45) is 0 Å². The number of carbonyl (C=O) groups excluding carboxylic acids is 1. The zero-order valence-corrected chi connectivity index (χ0v) is 17.9. The maximum absolute atomic E-state index is 13.4. The Labute approximate surface area is 199 Å². The average Bonchev–Trinajstić information content (AvgIpc) is 2.88. The van der Waals surface area contributed by atoms with Crippen LogP contribution < -0.4 is 29.6 Å². The van der Waals surface area contributed by atoms with Gasteiger partial charge in [0.05, 0.1) is 28.0 Å². The first-order valence-corrected chi connectivity index (χ1v) is 10.1. The number of carbonyl (C=O) groups is 1. The SMILES string of the molecule is [2H]c1c(OC)c(OC)c([2H])c2c(N)nc(N3CC([2H])([2H])N(C(=O)C4COc5ccccc5O4)C([2H])([2H])C3)nc12. The van der Waals surface area contributed by atoms with Gasteiger partial charge in [0, 0.05) is 37.5 Å². The van der Waals surface area contributed by atoms with E-state index in [1.807, 2.05) is 0 Å². The van der Waals surface area contributed by atoms with Crippen LogP contribution in [0.15, 0.2) is 36.4 Å². The minimum Gasteiger partial charge on any atom is -0.493 e. The molecule has 10 heteroatoms. The van der Waals surface area contributed by atoms with E-state index in [4.69, 9.17) is 32.9 Å². The Morgan fingerprint density at radius 2 is 1.85 bits per heavy atom. The van der Waals surface area contributed by atoms with E-state index in [0.717, 1.165) is 0 Å².